The summed E-state index contributed by atoms with van der Waals surface area (Å²) in [5.74, 6) is 0.994. The van der Waals surface area contributed by atoms with Gasteiger partial charge in [0.05, 0.1) is 6.61 Å². The Bertz CT molecular complexity index is 322. The van der Waals surface area contributed by atoms with Crippen LogP contribution < -0.4 is 10.1 Å². The summed E-state index contributed by atoms with van der Waals surface area (Å²) in [6.07, 6.45) is 2.40. The first-order valence-corrected chi connectivity index (χ1v) is 5.28. The van der Waals surface area contributed by atoms with Crippen molar-refractivity contribution in [3.63, 3.8) is 0 Å². The van der Waals surface area contributed by atoms with Crippen LogP contribution in [0.2, 0.25) is 0 Å². The van der Waals surface area contributed by atoms with Gasteiger partial charge >= 0.3 is 0 Å². The predicted molar refractivity (Wildman–Crippen MR) is 57.7 cm³/mol. The summed E-state index contributed by atoms with van der Waals surface area (Å²) in [6, 6.07) is 6.95. The number of aryl methyl sites for hydroxylation is 1. The number of fused-ring (bicyclic) bond motifs is 1. The lowest BCUT2D eigenvalue weighted by Gasteiger charge is -2.11. The molecular weight excluding hydrogens is 174 g/mol. The van der Waals surface area contributed by atoms with Crippen LogP contribution in [-0.2, 0) is 6.42 Å². The van der Waals surface area contributed by atoms with Crippen LogP contribution >= 0.6 is 0 Å². The maximum absolute atomic E-state index is 5.50. The van der Waals surface area contributed by atoms with Gasteiger partial charge in [0.15, 0.2) is 0 Å². The number of hydrogen-bond acceptors (Lipinski definition) is 2. The minimum absolute atomic E-state index is 0.519. The predicted octanol–water partition coefficient (Wildman–Crippen LogP) is 2.29. The lowest BCUT2D eigenvalue weighted by atomic mass is 10.1. The summed E-state index contributed by atoms with van der Waals surface area (Å²) < 4.78 is 5.50. The summed E-state index contributed by atoms with van der Waals surface area (Å²) in [4.78, 5) is 0. The van der Waals surface area contributed by atoms with Crippen LogP contribution in [0.15, 0.2) is 18.2 Å². The zero-order valence-corrected chi connectivity index (χ0v) is 8.84. The second-order valence-electron chi connectivity index (χ2n) is 3.67. The van der Waals surface area contributed by atoms with Crippen LogP contribution in [0.1, 0.15) is 30.5 Å². The smallest absolute Gasteiger partial charge is 0.119 e. The topological polar surface area (TPSA) is 21.3 Å². The standard InChI is InChI=1S/C12H17NO/c1-3-14-10-6-4-9-5-7-12(13-2)11(9)8-10/h4,6,8,12-13H,3,5,7H2,1-2H3/t12-/m0/s1. The van der Waals surface area contributed by atoms with E-state index in [1.807, 2.05) is 14.0 Å². The Morgan fingerprint density at radius 3 is 3.07 bits per heavy atom. The van der Waals surface area contributed by atoms with Gasteiger partial charge in [0, 0.05) is 6.04 Å². The molecule has 0 aromatic heterocycles. The summed E-state index contributed by atoms with van der Waals surface area (Å²) in [7, 11) is 2.02. The molecule has 1 atom stereocenters. The van der Waals surface area contributed by atoms with E-state index in [0.717, 1.165) is 12.4 Å². The maximum Gasteiger partial charge on any atom is 0.119 e. The second kappa shape index (κ2) is 4.01. The lowest BCUT2D eigenvalue weighted by Crippen LogP contribution is -2.12. The van der Waals surface area contributed by atoms with Crippen LogP contribution in [0.5, 0.6) is 5.75 Å². The number of hydrogen-bond donors (Lipinski definition) is 1. The Morgan fingerprint density at radius 2 is 2.36 bits per heavy atom. The summed E-state index contributed by atoms with van der Waals surface area (Å²) in [5.41, 5.74) is 2.88. The molecule has 0 radical (unpaired) electrons. The minimum atomic E-state index is 0.519. The molecule has 0 aliphatic heterocycles. The minimum Gasteiger partial charge on any atom is -0.494 e. The molecule has 0 fully saturated rings. The van der Waals surface area contributed by atoms with E-state index in [2.05, 4.69) is 23.5 Å². The van der Waals surface area contributed by atoms with Crippen molar-refractivity contribution in [2.75, 3.05) is 13.7 Å². The Kier molecular flexibility index (Phi) is 2.73. The molecule has 0 heterocycles. The molecule has 1 aromatic carbocycles. The fourth-order valence-electron chi connectivity index (χ4n) is 2.14. The zero-order chi connectivity index (χ0) is 9.97. The molecule has 2 heteroatoms. The highest BCUT2D eigenvalue weighted by Gasteiger charge is 2.20. The summed E-state index contributed by atoms with van der Waals surface area (Å²) in [6.45, 7) is 2.76. The van der Waals surface area contributed by atoms with E-state index in [4.69, 9.17) is 4.74 Å². The Labute approximate surface area is 85.3 Å². The summed E-state index contributed by atoms with van der Waals surface area (Å²) in [5, 5.41) is 3.33. The maximum atomic E-state index is 5.50. The van der Waals surface area contributed by atoms with Gasteiger partial charge in [0.25, 0.3) is 0 Å². The highest BCUT2D eigenvalue weighted by atomic mass is 16.5. The molecule has 14 heavy (non-hydrogen) atoms. The summed E-state index contributed by atoms with van der Waals surface area (Å²) >= 11 is 0. The van der Waals surface area contributed by atoms with Crippen LogP contribution in [0.3, 0.4) is 0 Å². The van der Waals surface area contributed by atoms with Crippen molar-refractivity contribution in [2.45, 2.75) is 25.8 Å². The monoisotopic (exact) mass is 191 g/mol. The third kappa shape index (κ3) is 1.62. The molecule has 1 aliphatic carbocycles. The van der Waals surface area contributed by atoms with Crippen LogP contribution in [0.4, 0.5) is 0 Å². The van der Waals surface area contributed by atoms with Gasteiger partial charge in [0.2, 0.25) is 0 Å². The molecule has 1 aromatic rings. The van der Waals surface area contributed by atoms with Gasteiger partial charge in [0.1, 0.15) is 5.75 Å². The van der Waals surface area contributed by atoms with Gasteiger partial charge in [-0.25, -0.2) is 0 Å². The van der Waals surface area contributed by atoms with Crippen molar-refractivity contribution in [3.05, 3.63) is 29.3 Å². The van der Waals surface area contributed by atoms with E-state index in [9.17, 15) is 0 Å². The number of ether oxygens (including phenoxy) is 1. The van der Waals surface area contributed by atoms with Crippen molar-refractivity contribution < 1.29 is 4.74 Å². The largest absolute Gasteiger partial charge is 0.494 e. The van der Waals surface area contributed by atoms with Crippen LogP contribution in [-0.4, -0.2) is 13.7 Å². The van der Waals surface area contributed by atoms with E-state index >= 15 is 0 Å². The molecule has 76 valence electrons. The Balaban J connectivity index is 2.28. The van der Waals surface area contributed by atoms with Crippen molar-refractivity contribution in [1.82, 2.24) is 5.32 Å². The molecule has 2 rings (SSSR count). The van der Waals surface area contributed by atoms with Gasteiger partial charge in [-0.3, -0.25) is 0 Å². The Morgan fingerprint density at radius 1 is 1.50 bits per heavy atom. The first-order valence-electron chi connectivity index (χ1n) is 5.28. The van der Waals surface area contributed by atoms with Gasteiger partial charge in [-0.15, -0.1) is 0 Å². The highest BCUT2D eigenvalue weighted by Crippen LogP contribution is 2.33. The number of nitrogens with one attached hydrogen (secondary N) is 1. The molecule has 0 unspecified atom stereocenters. The van der Waals surface area contributed by atoms with Gasteiger partial charge in [-0.1, -0.05) is 6.07 Å². The fourth-order valence-corrected chi connectivity index (χ4v) is 2.14. The molecule has 0 bridgehead atoms. The van der Waals surface area contributed by atoms with Crippen molar-refractivity contribution in [1.29, 1.82) is 0 Å². The lowest BCUT2D eigenvalue weighted by molar-refractivity contribution is 0.339. The van der Waals surface area contributed by atoms with Gasteiger partial charge < -0.3 is 10.1 Å². The average Bonchev–Trinajstić information content (AvgIpc) is 2.60. The van der Waals surface area contributed by atoms with Crippen molar-refractivity contribution in [3.8, 4) is 5.75 Å². The molecule has 1 N–H and O–H groups in total. The fraction of sp³-hybridized carbons (Fsp3) is 0.500. The molecule has 2 nitrogen and oxygen atoms in total. The third-order valence-corrected chi connectivity index (χ3v) is 2.85. The van der Waals surface area contributed by atoms with Crippen molar-refractivity contribution in [2.24, 2.45) is 0 Å². The molecule has 0 saturated carbocycles. The van der Waals surface area contributed by atoms with E-state index in [1.165, 1.54) is 24.0 Å². The van der Waals surface area contributed by atoms with E-state index < -0.39 is 0 Å². The molecule has 0 spiro atoms. The Hall–Kier alpha value is -1.02. The molecule has 0 amide bonds. The van der Waals surface area contributed by atoms with E-state index in [-0.39, 0.29) is 0 Å². The number of rotatable bonds is 3. The average molecular weight is 191 g/mol. The van der Waals surface area contributed by atoms with Gasteiger partial charge in [-0.05, 0) is 50.1 Å². The zero-order valence-electron chi connectivity index (χ0n) is 8.84. The molecule has 0 saturated heterocycles. The van der Waals surface area contributed by atoms with E-state index in [0.29, 0.717) is 6.04 Å². The second-order valence-corrected chi connectivity index (χ2v) is 3.67. The quantitative estimate of drug-likeness (QED) is 0.791. The number of benzene rings is 1. The van der Waals surface area contributed by atoms with Crippen LogP contribution in [0, 0.1) is 0 Å². The van der Waals surface area contributed by atoms with Gasteiger partial charge in [-0.2, -0.15) is 0 Å². The first kappa shape index (κ1) is 9.53. The SMILES string of the molecule is CCOc1ccc2c(c1)[C@@H](NC)CC2. The first-order chi connectivity index (χ1) is 6.85. The normalized spacial score (nSPS) is 19.4. The molecular formula is C12H17NO. The molecule has 1 aliphatic rings. The third-order valence-electron chi connectivity index (χ3n) is 2.85. The van der Waals surface area contributed by atoms with Crippen LogP contribution in [0.25, 0.3) is 0 Å². The highest BCUT2D eigenvalue weighted by molar-refractivity contribution is 5.40. The van der Waals surface area contributed by atoms with E-state index in [1.54, 1.807) is 0 Å². The van der Waals surface area contributed by atoms with Crippen molar-refractivity contribution >= 4 is 0 Å².